The van der Waals surface area contributed by atoms with Gasteiger partial charge in [0.1, 0.15) is 0 Å². The summed E-state index contributed by atoms with van der Waals surface area (Å²) < 4.78 is 2.17. The van der Waals surface area contributed by atoms with Gasteiger partial charge in [0.05, 0.1) is 0 Å². The van der Waals surface area contributed by atoms with E-state index >= 15 is 0 Å². The zero-order valence-corrected chi connectivity index (χ0v) is 13.3. The van der Waals surface area contributed by atoms with Crippen molar-refractivity contribution in [1.82, 2.24) is 14.8 Å². The van der Waals surface area contributed by atoms with E-state index in [-0.39, 0.29) is 5.56 Å². The van der Waals surface area contributed by atoms with Crippen LogP contribution >= 0.6 is 0 Å². The summed E-state index contributed by atoms with van der Waals surface area (Å²) >= 11 is 0. The number of aromatic nitrogens is 1. The van der Waals surface area contributed by atoms with Gasteiger partial charge >= 0.3 is 0 Å². The Kier molecular flexibility index (Phi) is 4.45. The topological polar surface area (TPSA) is 37.3 Å². The summed E-state index contributed by atoms with van der Waals surface area (Å²) in [7, 11) is 2.16. The van der Waals surface area contributed by atoms with Gasteiger partial charge in [0.15, 0.2) is 0 Å². The van der Waals surface area contributed by atoms with Crippen molar-refractivity contribution in [3.05, 3.63) is 33.2 Å². The number of fused-ring (bicyclic) bond motifs is 1. The van der Waals surface area contributed by atoms with Crippen LogP contribution in [0.5, 0.6) is 0 Å². The summed E-state index contributed by atoms with van der Waals surface area (Å²) in [5, 5.41) is 3.31. The molecule has 1 fully saturated rings. The lowest BCUT2D eigenvalue weighted by molar-refractivity contribution is 0.299. The summed E-state index contributed by atoms with van der Waals surface area (Å²) in [5.74, 6) is 0. The van der Waals surface area contributed by atoms with Gasteiger partial charge in [0.2, 0.25) is 0 Å². The number of nitrogens with one attached hydrogen (secondary N) is 1. The molecule has 3 rings (SSSR count). The van der Waals surface area contributed by atoms with Crippen molar-refractivity contribution in [3.8, 4) is 0 Å². The van der Waals surface area contributed by atoms with E-state index in [1.54, 1.807) is 0 Å². The summed E-state index contributed by atoms with van der Waals surface area (Å²) in [5.41, 5.74) is 3.87. The molecule has 0 unspecified atom stereocenters. The lowest BCUT2D eigenvalue weighted by atomic mass is 10.0. The van der Waals surface area contributed by atoms with Gasteiger partial charge in [0.25, 0.3) is 5.56 Å². The van der Waals surface area contributed by atoms with E-state index in [1.165, 1.54) is 36.9 Å². The van der Waals surface area contributed by atoms with Gasteiger partial charge in [-0.05, 0) is 38.1 Å². The second-order valence-corrected chi connectivity index (χ2v) is 6.52. The Morgan fingerprint density at radius 3 is 2.81 bits per heavy atom. The molecule has 1 aromatic rings. The molecule has 0 saturated heterocycles. The van der Waals surface area contributed by atoms with Crippen LogP contribution in [-0.2, 0) is 19.5 Å². The van der Waals surface area contributed by atoms with Gasteiger partial charge < -0.3 is 14.8 Å². The molecule has 1 N–H and O–H groups in total. The van der Waals surface area contributed by atoms with Crippen molar-refractivity contribution in [1.29, 1.82) is 0 Å². The van der Waals surface area contributed by atoms with E-state index in [0.717, 1.165) is 31.6 Å². The fraction of sp³-hybridized carbons (Fsp3) is 0.706. The highest BCUT2D eigenvalue weighted by atomic mass is 16.1. The molecule has 2 aliphatic rings. The van der Waals surface area contributed by atoms with E-state index in [9.17, 15) is 4.79 Å². The minimum atomic E-state index is 0.256. The zero-order chi connectivity index (χ0) is 14.8. The smallest absolute Gasteiger partial charge is 0.255 e. The molecule has 1 aliphatic carbocycles. The largest absolute Gasteiger partial charge is 0.313 e. The number of likely N-dealkylation sites (N-methyl/N-ethyl adjacent to an activating group) is 1. The maximum Gasteiger partial charge on any atom is 0.255 e. The first-order chi connectivity index (χ1) is 10.2. The summed E-state index contributed by atoms with van der Waals surface area (Å²) in [6, 6.07) is 2.60. The van der Waals surface area contributed by atoms with Crippen LogP contribution in [0, 0.1) is 0 Å². The minimum absolute atomic E-state index is 0.256. The van der Waals surface area contributed by atoms with Crippen LogP contribution in [0.1, 0.15) is 55.5 Å². The standard InChI is InChI=1S/C17H27N3O/c1-3-18-11-13-10-14-12-19(2)9-8-16(14)20(17(13)21)15-6-4-5-7-15/h10,15,18H,3-9,11-12H2,1-2H3. The van der Waals surface area contributed by atoms with Gasteiger partial charge in [-0.2, -0.15) is 0 Å². The van der Waals surface area contributed by atoms with Crippen molar-refractivity contribution in [2.45, 2.75) is 58.2 Å². The number of hydrogen-bond acceptors (Lipinski definition) is 3. The monoisotopic (exact) mass is 289 g/mol. The van der Waals surface area contributed by atoms with Crippen molar-refractivity contribution < 1.29 is 0 Å². The van der Waals surface area contributed by atoms with Gasteiger partial charge in [-0.25, -0.2) is 0 Å². The SMILES string of the molecule is CCNCc1cc2c(n(C3CCCC3)c1=O)CCN(C)C2. The molecular formula is C17H27N3O. The Balaban J connectivity index is 2.06. The third-order valence-corrected chi connectivity index (χ3v) is 4.93. The van der Waals surface area contributed by atoms with Gasteiger partial charge in [0, 0.05) is 43.4 Å². The van der Waals surface area contributed by atoms with Crippen LogP contribution < -0.4 is 10.9 Å². The summed E-state index contributed by atoms with van der Waals surface area (Å²) in [4.78, 5) is 15.3. The Morgan fingerprint density at radius 2 is 2.10 bits per heavy atom. The Bertz CT molecular complexity index is 558. The number of hydrogen-bond donors (Lipinski definition) is 1. The first kappa shape index (κ1) is 14.8. The molecule has 2 heterocycles. The average molecular weight is 289 g/mol. The number of nitrogens with zero attached hydrogens (tertiary/aromatic N) is 2. The molecule has 21 heavy (non-hydrogen) atoms. The molecule has 0 bridgehead atoms. The van der Waals surface area contributed by atoms with Crippen LogP contribution in [0.3, 0.4) is 0 Å². The third kappa shape index (κ3) is 2.92. The molecule has 116 valence electrons. The molecule has 1 saturated carbocycles. The molecule has 0 radical (unpaired) electrons. The van der Waals surface area contributed by atoms with Gasteiger partial charge in [-0.3, -0.25) is 4.79 Å². The Labute approximate surface area is 127 Å². The van der Waals surface area contributed by atoms with E-state index in [1.807, 2.05) is 0 Å². The molecule has 4 nitrogen and oxygen atoms in total. The molecular weight excluding hydrogens is 262 g/mol. The average Bonchev–Trinajstić information content (AvgIpc) is 2.99. The van der Waals surface area contributed by atoms with Crippen LogP contribution in [0.4, 0.5) is 0 Å². The Morgan fingerprint density at radius 1 is 1.33 bits per heavy atom. The fourth-order valence-corrected chi connectivity index (χ4v) is 3.81. The fourth-order valence-electron chi connectivity index (χ4n) is 3.81. The summed E-state index contributed by atoms with van der Waals surface area (Å²) in [6.07, 6.45) is 5.89. The van der Waals surface area contributed by atoms with Crippen LogP contribution in [0.25, 0.3) is 0 Å². The van der Waals surface area contributed by atoms with E-state index < -0.39 is 0 Å². The molecule has 0 aromatic carbocycles. The predicted molar refractivity (Wildman–Crippen MR) is 85.6 cm³/mol. The molecule has 0 atom stereocenters. The predicted octanol–water partition coefficient (Wildman–Crippen LogP) is 2.06. The van der Waals surface area contributed by atoms with Crippen molar-refractivity contribution in [2.24, 2.45) is 0 Å². The molecule has 1 aliphatic heterocycles. The van der Waals surface area contributed by atoms with Crippen LogP contribution in [0.15, 0.2) is 10.9 Å². The molecule has 1 aromatic heterocycles. The zero-order valence-electron chi connectivity index (χ0n) is 13.3. The lowest BCUT2D eigenvalue weighted by Crippen LogP contribution is -2.37. The van der Waals surface area contributed by atoms with Crippen molar-refractivity contribution >= 4 is 0 Å². The molecule has 4 heteroatoms. The second-order valence-electron chi connectivity index (χ2n) is 6.52. The highest BCUT2D eigenvalue weighted by Crippen LogP contribution is 2.31. The number of pyridine rings is 1. The quantitative estimate of drug-likeness (QED) is 0.922. The summed E-state index contributed by atoms with van der Waals surface area (Å²) in [6.45, 7) is 5.72. The van der Waals surface area contributed by atoms with Gasteiger partial charge in [-0.1, -0.05) is 19.8 Å². The minimum Gasteiger partial charge on any atom is -0.313 e. The molecule has 0 amide bonds. The van der Waals surface area contributed by atoms with E-state index in [0.29, 0.717) is 12.6 Å². The van der Waals surface area contributed by atoms with Gasteiger partial charge in [-0.15, -0.1) is 0 Å². The van der Waals surface area contributed by atoms with E-state index in [4.69, 9.17) is 0 Å². The van der Waals surface area contributed by atoms with Crippen molar-refractivity contribution in [2.75, 3.05) is 20.1 Å². The van der Waals surface area contributed by atoms with Crippen molar-refractivity contribution in [3.63, 3.8) is 0 Å². The third-order valence-electron chi connectivity index (χ3n) is 4.93. The van der Waals surface area contributed by atoms with Crippen LogP contribution in [0.2, 0.25) is 0 Å². The maximum absolute atomic E-state index is 12.9. The first-order valence-corrected chi connectivity index (χ1v) is 8.36. The van der Waals surface area contributed by atoms with E-state index in [2.05, 4.69) is 34.8 Å². The first-order valence-electron chi connectivity index (χ1n) is 8.36. The maximum atomic E-state index is 12.9. The highest BCUT2D eigenvalue weighted by Gasteiger charge is 2.26. The lowest BCUT2D eigenvalue weighted by Gasteiger charge is -2.30. The number of rotatable bonds is 4. The Hall–Kier alpha value is -1.13. The highest BCUT2D eigenvalue weighted by molar-refractivity contribution is 5.29. The van der Waals surface area contributed by atoms with Crippen LogP contribution in [-0.4, -0.2) is 29.6 Å². The normalized spacial score (nSPS) is 19.9. The second kappa shape index (κ2) is 6.32. The molecule has 0 spiro atoms.